The van der Waals surface area contributed by atoms with Crippen LogP contribution in [-0.2, 0) is 16.1 Å². The zero-order chi connectivity index (χ0) is 15.7. The molecule has 2 aromatic heterocycles. The number of benzene rings is 1. The number of nitrogens with zero attached hydrogens (tertiary/aromatic N) is 2. The van der Waals surface area contributed by atoms with Crippen molar-refractivity contribution in [1.82, 2.24) is 9.13 Å². The van der Waals surface area contributed by atoms with Crippen LogP contribution in [0.3, 0.4) is 0 Å². The number of hydrogen-bond donors (Lipinski definition) is 0. The summed E-state index contributed by atoms with van der Waals surface area (Å²) in [7, 11) is 1.26. The standard InChI is InChI=1S/C15H12N2O4S/c1-21-12(18)9-16-11-7-8-22-13(11)14(19)17(15(16)20)10-5-3-2-4-6-10/h2-8H,9H2,1H3. The molecule has 0 aliphatic carbocycles. The SMILES string of the molecule is COC(=O)Cn1c(=O)n(-c2ccccc2)c(=O)c2sccc21. The average Bonchev–Trinajstić information content (AvgIpc) is 3.02. The number of esters is 1. The van der Waals surface area contributed by atoms with Crippen molar-refractivity contribution < 1.29 is 9.53 Å². The second-order valence-electron chi connectivity index (χ2n) is 4.56. The van der Waals surface area contributed by atoms with E-state index in [1.54, 1.807) is 41.8 Å². The molecule has 22 heavy (non-hydrogen) atoms. The number of rotatable bonds is 3. The first-order valence-corrected chi connectivity index (χ1v) is 7.36. The summed E-state index contributed by atoms with van der Waals surface area (Å²) in [4.78, 5) is 36.8. The molecule has 1 aromatic carbocycles. The lowest BCUT2D eigenvalue weighted by Gasteiger charge is -2.11. The van der Waals surface area contributed by atoms with Crippen molar-refractivity contribution >= 4 is 27.5 Å². The first-order valence-electron chi connectivity index (χ1n) is 6.49. The van der Waals surface area contributed by atoms with Gasteiger partial charge in [-0.05, 0) is 23.6 Å². The van der Waals surface area contributed by atoms with Gasteiger partial charge in [0.2, 0.25) is 0 Å². The first-order chi connectivity index (χ1) is 10.6. The van der Waals surface area contributed by atoms with E-state index in [-0.39, 0.29) is 12.1 Å². The number of ether oxygens (including phenoxy) is 1. The summed E-state index contributed by atoms with van der Waals surface area (Å²) >= 11 is 1.24. The highest BCUT2D eigenvalue weighted by molar-refractivity contribution is 7.17. The van der Waals surface area contributed by atoms with E-state index >= 15 is 0 Å². The highest BCUT2D eigenvalue weighted by Crippen LogP contribution is 2.16. The van der Waals surface area contributed by atoms with Crippen LogP contribution >= 0.6 is 11.3 Å². The van der Waals surface area contributed by atoms with Crippen LogP contribution in [0, 0.1) is 0 Å². The van der Waals surface area contributed by atoms with E-state index in [1.807, 2.05) is 0 Å². The van der Waals surface area contributed by atoms with Crippen molar-refractivity contribution in [1.29, 1.82) is 0 Å². The van der Waals surface area contributed by atoms with Crippen molar-refractivity contribution in [2.75, 3.05) is 7.11 Å². The van der Waals surface area contributed by atoms with Crippen molar-refractivity contribution in [2.45, 2.75) is 6.54 Å². The normalized spacial score (nSPS) is 10.8. The third-order valence-corrected chi connectivity index (χ3v) is 4.18. The summed E-state index contributed by atoms with van der Waals surface area (Å²) in [5.41, 5.74) is -0.0428. The molecule has 0 aliphatic heterocycles. The molecule has 0 saturated heterocycles. The lowest BCUT2D eigenvalue weighted by atomic mass is 10.3. The molecule has 0 bridgehead atoms. The van der Waals surface area contributed by atoms with Crippen LogP contribution < -0.4 is 11.2 Å². The zero-order valence-corrected chi connectivity index (χ0v) is 12.5. The molecule has 112 valence electrons. The predicted octanol–water partition coefficient (Wildman–Crippen LogP) is 1.39. The minimum Gasteiger partial charge on any atom is -0.468 e. The molecule has 2 heterocycles. The van der Waals surface area contributed by atoms with Gasteiger partial charge in [-0.15, -0.1) is 11.3 Å². The summed E-state index contributed by atoms with van der Waals surface area (Å²) in [6, 6.07) is 10.3. The quantitative estimate of drug-likeness (QED) is 0.685. The van der Waals surface area contributed by atoms with Gasteiger partial charge in [-0.1, -0.05) is 18.2 Å². The van der Waals surface area contributed by atoms with Crippen molar-refractivity contribution in [3.63, 3.8) is 0 Å². The molecular formula is C15H12N2O4S. The summed E-state index contributed by atoms with van der Waals surface area (Å²) in [5.74, 6) is -0.548. The molecular weight excluding hydrogens is 304 g/mol. The third kappa shape index (κ3) is 2.25. The fraction of sp³-hybridized carbons (Fsp3) is 0.133. The maximum Gasteiger partial charge on any atom is 0.336 e. The van der Waals surface area contributed by atoms with Crippen LogP contribution in [0.4, 0.5) is 0 Å². The number of carbonyl (C=O) groups is 1. The Morgan fingerprint density at radius 3 is 2.59 bits per heavy atom. The molecule has 0 unspecified atom stereocenters. The highest BCUT2D eigenvalue weighted by Gasteiger charge is 2.17. The van der Waals surface area contributed by atoms with Gasteiger partial charge < -0.3 is 4.74 Å². The molecule has 0 N–H and O–H groups in total. The van der Waals surface area contributed by atoms with Gasteiger partial charge >= 0.3 is 11.7 Å². The number of aromatic nitrogens is 2. The monoisotopic (exact) mass is 316 g/mol. The second kappa shape index (κ2) is 5.61. The number of carbonyl (C=O) groups excluding carboxylic acids is 1. The number of methoxy groups -OCH3 is 1. The summed E-state index contributed by atoms with van der Waals surface area (Å²) in [5, 5.41) is 1.72. The highest BCUT2D eigenvalue weighted by atomic mass is 32.1. The topological polar surface area (TPSA) is 70.3 Å². The van der Waals surface area contributed by atoms with Gasteiger partial charge in [-0.25, -0.2) is 9.36 Å². The molecule has 0 spiro atoms. The van der Waals surface area contributed by atoms with Crippen LogP contribution in [0.15, 0.2) is 51.4 Å². The molecule has 3 rings (SSSR count). The van der Waals surface area contributed by atoms with Crippen LogP contribution in [0.2, 0.25) is 0 Å². The maximum atomic E-state index is 12.7. The minimum absolute atomic E-state index is 0.240. The first kappa shape index (κ1) is 14.3. The molecule has 0 radical (unpaired) electrons. The maximum absolute atomic E-state index is 12.7. The lowest BCUT2D eigenvalue weighted by molar-refractivity contribution is -0.141. The van der Waals surface area contributed by atoms with E-state index in [0.29, 0.717) is 15.9 Å². The minimum atomic E-state index is -0.563. The van der Waals surface area contributed by atoms with E-state index < -0.39 is 11.7 Å². The van der Waals surface area contributed by atoms with Gasteiger partial charge in [-0.2, -0.15) is 0 Å². The van der Waals surface area contributed by atoms with Gasteiger partial charge in [-0.3, -0.25) is 14.2 Å². The second-order valence-corrected chi connectivity index (χ2v) is 5.47. The summed E-state index contributed by atoms with van der Waals surface area (Å²) in [6.45, 7) is -0.240. The van der Waals surface area contributed by atoms with Gasteiger partial charge in [0, 0.05) is 0 Å². The number of fused-ring (bicyclic) bond motifs is 1. The summed E-state index contributed by atoms with van der Waals surface area (Å²) in [6.07, 6.45) is 0. The Morgan fingerprint density at radius 1 is 1.18 bits per heavy atom. The van der Waals surface area contributed by atoms with E-state index in [0.717, 1.165) is 4.57 Å². The van der Waals surface area contributed by atoms with Gasteiger partial charge in [0.05, 0.1) is 18.3 Å². The van der Waals surface area contributed by atoms with Gasteiger partial charge in [0.15, 0.2) is 0 Å². The van der Waals surface area contributed by atoms with E-state index in [2.05, 4.69) is 4.74 Å². The molecule has 0 fully saturated rings. The fourth-order valence-corrected chi connectivity index (χ4v) is 3.06. The van der Waals surface area contributed by atoms with Crippen molar-refractivity contribution in [3.05, 3.63) is 62.6 Å². The predicted molar refractivity (Wildman–Crippen MR) is 83.7 cm³/mol. The smallest absolute Gasteiger partial charge is 0.336 e. The van der Waals surface area contributed by atoms with Crippen molar-refractivity contribution in [2.24, 2.45) is 0 Å². The largest absolute Gasteiger partial charge is 0.468 e. The van der Waals surface area contributed by atoms with E-state index in [9.17, 15) is 14.4 Å². The van der Waals surface area contributed by atoms with Crippen LogP contribution in [0.1, 0.15) is 0 Å². The molecule has 7 heteroatoms. The van der Waals surface area contributed by atoms with Gasteiger partial charge in [0.1, 0.15) is 11.2 Å². The Morgan fingerprint density at radius 2 is 1.91 bits per heavy atom. The molecule has 0 aliphatic rings. The lowest BCUT2D eigenvalue weighted by Crippen LogP contribution is -2.39. The third-order valence-electron chi connectivity index (χ3n) is 3.28. The van der Waals surface area contributed by atoms with E-state index in [1.165, 1.54) is 23.0 Å². The molecule has 6 nitrogen and oxygen atoms in total. The Kier molecular flexibility index (Phi) is 3.64. The Bertz CT molecular complexity index is 953. The zero-order valence-electron chi connectivity index (χ0n) is 11.7. The number of thiophene rings is 1. The van der Waals surface area contributed by atoms with Crippen LogP contribution in [-0.4, -0.2) is 22.2 Å². The molecule has 0 amide bonds. The number of para-hydroxylation sites is 1. The Balaban J connectivity index is 2.36. The van der Waals surface area contributed by atoms with Crippen LogP contribution in [0.5, 0.6) is 0 Å². The van der Waals surface area contributed by atoms with Crippen LogP contribution in [0.25, 0.3) is 15.9 Å². The molecule has 0 saturated carbocycles. The molecule has 3 aromatic rings. The average molecular weight is 316 g/mol. The van der Waals surface area contributed by atoms with E-state index in [4.69, 9.17) is 0 Å². The Hall–Kier alpha value is -2.67. The number of hydrogen-bond acceptors (Lipinski definition) is 5. The fourth-order valence-electron chi connectivity index (χ4n) is 2.24. The van der Waals surface area contributed by atoms with Gasteiger partial charge in [0.25, 0.3) is 5.56 Å². The molecule has 0 atom stereocenters. The van der Waals surface area contributed by atoms with Crippen molar-refractivity contribution in [3.8, 4) is 5.69 Å². The summed E-state index contributed by atoms with van der Waals surface area (Å²) < 4.78 is 7.38. The Labute approximate surface area is 128 Å².